The van der Waals surface area contributed by atoms with Gasteiger partial charge in [-0.15, -0.1) is 0 Å². The Morgan fingerprint density at radius 3 is 2.72 bits per heavy atom. The Kier molecular flexibility index (Phi) is 4.27. The van der Waals surface area contributed by atoms with Crippen molar-refractivity contribution in [1.82, 2.24) is 0 Å². The monoisotopic (exact) mass is 369 g/mol. The first kappa shape index (κ1) is 17.4. The van der Waals surface area contributed by atoms with Crippen molar-refractivity contribution in [2.45, 2.75) is 24.8 Å². The number of ether oxygens (including phenoxy) is 1. The molecule has 0 spiro atoms. The van der Waals surface area contributed by atoms with Crippen LogP contribution in [0.3, 0.4) is 0 Å². The standard InChI is InChI=1S/C17H11ClF3NO3/c1-10-15(23)22-14-3-2-12(18)8-13(14)16(25-10,17(19,20)21)6-4-11-5-7-24-9-11/h2-3,5,7-10H,1H3,(H,22,23)/t10-,16-/m0/s1. The van der Waals surface area contributed by atoms with Gasteiger partial charge in [-0.25, -0.2) is 0 Å². The zero-order valence-corrected chi connectivity index (χ0v) is 13.5. The Bertz CT molecular complexity index is 867. The number of anilines is 1. The fourth-order valence-corrected chi connectivity index (χ4v) is 2.59. The van der Waals surface area contributed by atoms with E-state index in [1.54, 1.807) is 0 Å². The van der Waals surface area contributed by atoms with Gasteiger partial charge in [0.1, 0.15) is 12.4 Å². The Morgan fingerprint density at radius 1 is 1.32 bits per heavy atom. The lowest BCUT2D eigenvalue weighted by Crippen LogP contribution is -2.46. The number of furan rings is 1. The largest absolute Gasteiger partial charge is 0.471 e. The zero-order chi connectivity index (χ0) is 18.2. The second-order valence-corrected chi connectivity index (χ2v) is 5.82. The SMILES string of the molecule is C[C@@H]1O[C@](C#Cc2ccoc2)(C(F)(F)F)c2cc(Cl)ccc2NC1=O. The summed E-state index contributed by atoms with van der Waals surface area (Å²) < 4.78 is 52.2. The van der Waals surface area contributed by atoms with Crippen molar-refractivity contribution < 1.29 is 27.1 Å². The lowest BCUT2D eigenvalue weighted by Gasteiger charge is -2.32. The number of hydrogen-bond donors (Lipinski definition) is 1. The Morgan fingerprint density at radius 2 is 2.08 bits per heavy atom. The molecule has 3 rings (SSSR count). The van der Waals surface area contributed by atoms with Crippen LogP contribution in [0.4, 0.5) is 18.9 Å². The summed E-state index contributed by atoms with van der Waals surface area (Å²) >= 11 is 5.88. The predicted octanol–water partition coefficient (Wildman–Crippen LogP) is 4.10. The van der Waals surface area contributed by atoms with Gasteiger partial charge in [0.15, 0.2) is 0 Å². The van der Waals surface area contributed by atoms with Crippen LogP contribution in [0.15, 0.2) is 41.2 Å². The molecule has 4 nitrogen and oxygen atoms in total. The van der Waals surface area contributed by atoms with Crippen LogP contribution >= 0.6 is 11.6 Å². The fraction of sp³-hybridized carbons (Fsp3) is 0.235. The lowest BCUT2D eigenvalue weighted by molar-refractivity contribution is -0.266. The van der Waals surface area contributed by atoms with Crippen molar-refractivity contribution in [3.63, 3.8) is 0 Å². The minimum absolute atomic E-state index is 0.0578. The summed E-state index contributed by atoms with van der Waals surface area (Å²) in [6.45, 7) is 1.23. The Balaban J connectivity index is 2.28. The third kappa shape index (κ3) is 3.11. The molecular weight excluding hydrogens is 359 g/mol. The third-order valence-electron chi connectivity index (χ3n) is 3.64. The molecule has 1 N–H and O–H groups in total. The predicted molar refractivity (Wildman–Crippen MR) is 83.9 cm³/mol. The molecule has 2 aromatic rings. The maximum atomic E-state index is 14.1. The molecule has 8 heteroatoms. The molecule has 130 valence electrons. The van der Waals surface area contributed by atoms with E-state index in [9.17, 15) is 18.0 Å². The van der Waals surface area contributed by atoms with Gasteiger partial charge in [0.05, 0.1) is 11.8 Å². The van der Waals surface area contributed by atoms with Crippen molar-refractivity contribution in [3.05, 3.63) is 52.9 Å². The number of alkyl halides is 3. The molecule has 1 aliphatic heterocycles. The number of amides is 1. The Labute approximate surface area is 145 Å². The molecule has 0 saturated heterocycles. The highest BCUT2D eigenvalue weighted by Crippen LogP contribution is 2.47. The van der Waals surface area contributed by atoms with E-state index in [-0.39, 0.29) is 21.8 Å². The number of halogens is 4. The second-order valence-electron chi connectivity index (χ2n) is 5.38. The second kappa shape index (κ2) is 6.14. The van der Waals surface area contributed by atoms with Gasteiger partial charge in [0.2, 0.25) is 0 Å². The van der Waals surface area contributed by atoms with Gasteiger partial charge in [-0.2, -0.15) is 13.2 Å². The van der Waals surface area contributed by atoms with Crippen LogP contribution in [0.1, 0.15) is 18.1 Å². The van der Waals surface area contributed by atoms with Crippen LogP contribution in [0.25, 0.3) is 0 Å². The van der Waals surface area contributed by atoms with Gasteiger partial charge < -0.3 is 14.5 Å². The number of benzene rings is 1. The van der Waals surface area contributed by atoms with Crippen LogP contribution < -0.4 is 5.32 Å². The topological polar surface area (TPSA) is 51.5 Å². The molecule has 0 unspecified atom stereocenters. The van der Waals surface area contributed by atoms with E-state index in [2.05, 4.69) is 17.2 Å². The van der Waals surface area contributed by atoms with Crippen LogP contribution in [0.5, 0.6) is 0 Å². The van der Waals surface area contributed by atoms with E-state index < -0.39 is 23.8 Å². The van der Waals surface area contributed by atoms with Gasteiger partial charge in [-0.1, -0.05) is 17.5 Å². The molecule has 0 fully saturated rings. The lowest BCUT2D eigenvalue weighted by atomic mass is 9.91. The van der Waals surface area contributed by atoms with Crippen molar-refractivity contribution in [3.8, 4) is 11.8 Å². The molecule has 2 heterocycles. The molecule has 1 aliphatic rings. The third-order valence-corrected chi connectivity index (χ3v) is 3.88. The Hall–Kier alpha value is -2.43. The van der Waals surface area contributed by atoms with Gasteiger partial charge in [0.25, 0.3) is 11.5 Å². The summed E-state index contributed by atoms with van der Waals surface area (Å²) in [5.41, 5.74) is -3.21. The van der Waals surface area contributed by atoms with Crippen LogP contribution in [0, 0.1) is 11.8 Å². The van der Waals surface area contributed by atoms with Gasteiger partial charge in [-0.05, 0) is 37.1 Å². The van der Waals surface area contributed by atoms with Crippen molar-refractivity contribution in [1.29, 1.82) is 0 Å². The van der Waals surface area contributed by atoms with Crippen LogP contribution in [-0.2, 0) is 15.1 Å². The first-order valence-corrected chi connectivity index (χ1v) is 7.51. The number of hydrogen-bond acceptors (Lipinski definition) is 3. The summed E-state index contributed by atoms with van der Waals surface area (Å²) in [5.74, 6) is 3.83. The van der Waals surface area contributed by atoms with E-state index in [0.29, 0.717) is 0 Å². The molecule has 0 aliphatic carbocycles. The summed E-state index contributed by atoms with van der Waals surface area (Å²) in [6.07, 6.45) is -3.81. The quantitative estimate of drug-likeness (QED) is 0.711. The van der Waals surface area contributed by atoms with E-state index in [1.165, 1.54) is 37.6 Å². The summed E-state index contributed by atoms with van der Waals surface area (Å²) in [6, 6.07) is 5.17. The molecular formula is C17H11ClF3NO3. The highest BCUT2D eigenvalue weighted by atomic mass is 35.5. The van der Waals surface area contributed by atoms with E-state index in [4.69, 9.17) is 20.8 Å². The average molecular weight is 370 g/mol. The first-order valence-electron chi connectivity index (χ1n) is 7.14. The van der Waals surface area contributed by atoms with E-state index in [1.807, 2.05) is 0 Å². The van der Waals surface area contributed by atoms with Gasteiger partial charge in [0, 0.05) is 16.3 Å². The normalized spacial score (nSPS) is 23.1. The number of carbonyl (C=O) groups is 1. The molecule has 0 radical (unpaired) electrons. The molecule has 0 bridgehead atoms. The van der Waals surface area contributed by atoms with E-state index >= 15 is 0 Å². The fourth-order valence-electron chi connectivity index (χ4n) is 2.42. The summed E-state index contributed by atoms with van der Waals surface area (Å²) in [7, 11) is 0. The number of fused-ring (bicyclic) bond motifs is 1. The minimum atomic E-state index is -4.93. The average Bonchev–Trinajstić information content (AvgIpc) is 3.01. The molecule has 0 saturated carbocycles. The van der Waals surface area contributed by atoms with Crippen LogP contribution in [-0.4, -0.2) is 18.2 Å². The highest BCUT2D eigenvalue weighted by Gasteiger charge is 2.60. The molecule has 1 amide bonds. The first-order chi connectivity index (χ1) is 11.7. The summed E-state index contributed by atoms with van der Waals surface area (Å²) in [4.78, 5) is 12.0. The van der Waals surface area contributed by atoms with Crippen LogP contribution in [0.2, 0.25) is 5.02 Å². The van der Waals surface area contributed by atoms with Crippen molar-refractivity contribution in [2.24, 2.45) is 0 Å². The van der Waals surface area contributed by atoms with Crippen molar-refractivity contribution >= 4 is 23.2 Å². The zero-order valence-electron chi connectivity index (χ0n) is 12.8. The van der Waals surface area contributed by atoms with E-state index in [0.717, 1.165) is 6.07 Å². The molecule has 2 atom stereocenters. The highest BCUT2D eigenvalue weighted by molar-refractivity contribution is 6.30. The summed E-state index contributed by atoms with van der Waals surface area (Å²) in [5, 5.41) is 2.47. The maximum Gasteiger partial charge on any atom is 0.433 e. The minimum Gasteiger partial charge on any atom is -0.471 e. The number of carbonyl (C=O) groups excluding carboxylic acids is 1. The molecule has 25 heavy (non-hydrogen) atoms. The van der Waals surface area contributed by atoms with Crippen molar-refractivity contribution in [2.75, 3.05) is 5.32 Å². The van der Waals surface area contributed by atoms with Gasteiger partial charge in [-0.3, -0.25) is 4.79 Å². The molecule has 1 aromatic carbocycles. The smallest absolute Gasteiger partial charge is 0.433 e. The number of nitrogens with one attached hydrogen (secondary N) is 1. The molecule has 1 aromatic heterocycles. The number of rotatable bonds is 0. The maximum absolute atomic E-state index is 14.1. The van der Waals surface area contributed by atoms with Gasteiger partial charge >= 0.3 is 6.18 Å².